The number of benzene rings is 1. The topological polar surface area (TPSA) is 64.8 Å². The molecule has 1 heterocycles. The molecule has 104 valence electrons. The fourth-order valence-corrected chi connectivity index (χ4v) is 2.23. The summed E-state index contributed by atoms with van der Waals surface area (Å²) in [6.07, 6.45) is 0.861. The Hall–Kier alpha value is -1.75. The highest BCUT2D eigenvalue weighted by atomic mass is 16.5. The van der Waals surface area contributed by atoms with Gasteiger partial charge in [0, 0.05) is 24.7 Å². The third-order valence-electron chi connectivity index (χ3n) is 3.22. The van der Waals surface area contributed by atoms with Crippen LogP contribution in [0.4, 0.5) is 0 Å². The molecule has 1 amide bonds. The van der Waals surface area contributed by atoms with Crippen molar-refractivity contribution in [3.05, 3.63) is 23.8 Å². The van der Waals surface area contributed by atoms with Gasteiger partial charge in [-0.05, 0) is 31.5 Å². The fourth-order valence-electron chi connectivity index (χ4n) is 2.23. The van der Waals surface area contributed by atoms with Crippen LogP contribution in [0.5, 0.6) is 11.5 Å². The van der Waals surface area contributed by atoms with Crippen LogP contribution in [-0.2, 0) is 0 Å². The second kappa shape index (κ2) is 5.93. The zero-order valence-corrected chi connectivity index (χ0v) is 11.4. The van der Waals surface area contributed by atoms with Gasteiger partial charge in [-0.2, -0.15) is 0 Å². The normalized spacial score (nSPS) is 18.5. The predicted molar refractivity (Wildman–Crippen MR) is 72.7 cm³/mol. The maximum Gasteiger partial charge on any atom is 0.254 e. The molecule has 1 aliphatic rings. The van der Waals surface area contributed by atoms with Gasteiger partial charge < -0.3 is 20.1 Å². The zero-order chi connectivity index (χ0) is 13.8. The monoisotopic (exact) mass is 264 g/mol. The molecule has 1 aliphatic heterocycles. The molecule has 1 fully saturated rings. The number of methoxy groups -OCH3 is 1. The quantitative estimate of drug-likeness (QED) is 0.889. The van der Waals surface area contributed by atoms with Crippen molar-refractivity contribution in [2.45, 2.75) is 19.4 Å². The van der Waals surface area contributed by atoms with E-state index >= 15 is 0 Å². The Labute approximate surface area is 113 Å². The van der Waals surface area contributed by atoms with Crippen molar-refractivity contribution in [3.8, 4) is 11.5 Å². The Balaban J connectivity index is 2.18. The van der Waals surface area contributed by atoms with Gasteiger partial charge in [-0.1, -0.05) is 0 Å². The SMILES string of the molecule is CCOc1ccc(C(=O)N2CC[C@@H](N)C2)cc1OC. The van der Waals surface area contributed by atoms with Gasteiger partial charge in [-0.3, -0.25) is 4.79 Å². The highest BCUT2D eigenvalue weighted by Gasteiger charge is 2.25. The fraction of sp³-hybridized carbons (Fsp3) is 0.500. The molecule has 1 atom stereocenters. The van der Waals surface area contributed by atoms with Gasteiger partial charge in [-0.25, -0.2) is 0 Å². The van der Waals surface area contributed by atoms with E-state index in [4.69, 9.17) is 15.2 Å². The Morgan fingerprint density at radius 2 is 2.26 bits per heavy atom. The molecule has 5 heteroatoms. The van der Waals surface area contributed by atoms with E-state index in [2.05, 4.69) is 0 Å². The summed E-state index contributed by atoms with van der Waals surface area (Å²) in [5.74, 6) is 1.23. The van der Waals surface area contributed by atoms with Gasteiger partial charge in [0.15, 0.2) is 11.5 Å². The van der Waals surface area contributed by atoms with Crippen LogP contribution in [-0.4, -0.2) is 43.7 Å². The number of hydrogen-bond acceptors (Lipinski definition) is 4. The van der Waals surface area contributed by atoms with Crippen LogP contribution in [0.15, 0.2) is 18.2 Å². The molecule has 1 saturated heterocycles. The van der Waals surface area contributed by atoms with E-state index in [1.807, 2.05) is 6.92 Å². The average Bonchev–Trinajstić information content (AvgIpc) is 2.85. The van der Waals surface area contributed by atoms with Crippen molar-refractivity contribution in [1.29, 1.82) is 0 Å². The summed E-state index contributed by atoms with van der Waals surface area (Å²) in [6.45, 7) is 3.80. The number of hydrogen-bond donors (Lipinski definition) is 1. The summed E-state index contributed by atoms with van der Waals surface area (Å²) in [6, 6.07) is 5.34. The van der Waals surface area contributed by atoms with E-state index in [0.29, 0.717) is 30.2 Å². The number of carbonyl (C=O) groups is 1. The smallest absolute Gasteiger partial charge is 0.254 e. The molecule has 0 unspecified atom stereocenters. The first-order chi connectivity index (χ1) is 9.15. The van der Waals surface area contributed by atoms with Gasteiger partial charge in [0.2, 0.25) is 0 Å². The van der Waals surface area contributed by atoms with Crippen LogP contribution in [0.3, 0.4) is 0 Å². The summed E-state index contributed by atoms with van der Waals surface area (Å²) >= 11 is 0. The molecule has 0 aromatic heterocycles. The van der Waals surface area contributed by atoms with Crippen LogP contribution in [0.1, 0.15) is 23.7 Å². The molecule has 5 nitrogen and oxygen atoms in total. The molecule has 1 aromatic rings. The molecule has 0 spiro atoms. The van der Waals surface area contributed by atoms with E-state index in [1.165, 1.54) is 0 Å². The van der Waals surface area contributed by atoms with Crippen molar-refractivity contribution in [1.82, 2.24) is 4.90 Å². The lowest BCUT2D eigenvalue weighted by Crippen LogP contribution is -2.31. The van der Waals surface area contributed by atoms with Gasteiger partial charge in [-0.15, -0.1) is 0 Å². The van der Waals surface area contributed by atoms with E-state index in [9.17, 15) is 4.79 Å². The molecule has 0 aliphatic carbocycles. The largest absolute Gasteiger partial charge is 0.493 e. The molecular weight excluding hydrogens is 244 g/mol. The molecule has 19 heavy (non-hydrogen) atoms. The Morgan fingerprint density at radius 3 is 2.84 bits per heavy atom. The van der Waals surface area contributed by atoms with Crippen molar-refractivity contribution < 1.29 is 14.3 Å². The van der Waals surface area contributed by atoms with Crippen molar-refractivity contribution in [3.63, 3.8) is 0 Å². The van der Waals surface area contributed by atoms with Crippen LogP contribution in [0.2, 0.25) is 0 Å². The lowest BCUT2D eigenvalue weighted by Gasteiger charge is -2.17. The third kappa shape index (κ3) is 2.98. The summed E-state index contributed by atoms with van der Waals surface area (Å²) in [7, 11) is 1.57. The van der Waals surface area contributed by atoms with Gasteiger partial charge in [0.1, 0.15) is 0 Å². The van der Waals surface area contributed by atoms with Crippen LogP contribution < -0.4 is 15.2 Å². The van der Waals surface area contributed by atoms with Gasteiger partial charge in [0.25, 0.3) is 5.91 Å². The summed E-state index contributed by atoms with van der Waals surface area (Å²) in [5, 5.41) is 0. The number of carbonyl (C=O) groups excluding carboxylic acids is 1. The Kier molecular flexibility index (Phi) is 4.27. The zero-order valence-electron chi connectivity index (χ0n) is 11.4. The highest BCUT2D eigenvalue weighted by Crippen LogP contribution is 2.28. The lowest BCUT2D eigenvalue weighted by atomic mass is 10.1. The van der Waals surface area contributed by atoms with Crippen molar-refractivity contribution in [2.75, 3.05) is 26.8 Å². The Bertz CT molecular complexity index is 462. The number of amides is 1. The van der Waals surface area contributed by atoms with E-state index in [0.717, 1.165) is 13.0 Å². The number of ether oxygens (including phenoxy) is 2. The van der Waals surface area contributed by atoms with E-state index < -0.39 is 0 Å². The predicted octanol–water partition coefficient (Wildman–Crippen LogP) is 1.27. The minimum absolute atomic E-state index is 0.00528. The average molecular weight is 264 g/mol. The standard InChI is InChI=1S/C14H20N2O3/c1-3-19-12-5-4-10(8-13(12)18-2)14(17)16-7-6-11(15)9-16/h4-5,8,11H,3,6-7,9,15H2,1-2H3/t11-/m1/s1. The number of likely N-dealkylation sites (tertiary alicyclic amines) is 1. The third-order valence-corrected chi connectivity index (χ3v) is 3.22. The van der Waals surface area contributed by atoms with Crippen LogP contribution >= 0.6 is 0 Å². The molecule has 2 rings (SSSR count). The number of nitrogens with two attached hydrogens (primary N) is 1. The summed E-state index contributed by atoms with van der Waals surface area (Å²) in [5.41, 5.74) is 6.43. The number of nitrogens with zero attached hydrogens (tertiary/aromatic N) is 1. The lowest BCUT2D eigenvalue weighted by molar-refractivity contribution is 0.0790. The van der Waals surface area contributed by atoms with Crippen molar-refractivity contribution >= 4 is 5.91 Å². The minimum atomic E-state index is -0.00528. The highest BCUT2D eigenvalue weighted by molar-refractivity contribution is 5.95. The maximum atomic E-state index is 12.3. The molecular formula is C14H20N2O3. The molecule has 1 aromatic carbocycles. The van der Waals surface area contributed by atoms with Gasteiger partial charge >= 0.3 is 0 Å². The van der Waals surface area contributed by atoms with E-state index in [1.54, 1.807) is 30.2 Å². The van der Waals surface area contributed by atoms with Crippen LogP contribution in [0.25, 0.3) is 0 Å². The first-order valence-electron chi connectivity index (χ1n) is 6.51. The van der Waals surface area contributed by atoms with E-state index in [-0.39, 0.29) is 11.9 Å². The minimum Gasteiger partial charge on any atom is -0.493 e. The van der Waals surface area contributed by atoms with Crippen molar-refractivity contribution in [2.24, 2.45) is 5.73 Å². The second-order valence-electron chi connectivity index (χ2n) is 4.60. The van der Waals surface area contributed by atoms with Gasteiger partial charge in [0.05, 0.1) is 13.7 Å². The second-order valence-corrected chi connectivity index (χ2v) is 4.60. The molecule has 0 bridgehead atoms. The first-order valence-corrected chi connectivity index (χ1v) is 6.51. The van der Waals surface area contributed by atoms with Crippen LogP contribution in [0, 0.1) is 0 Å². The first kappa shape index (κ1) is 13.7. The molecule has 2 N–H and O–H groups in total. The molecule has 0 radical (unpaired) electrons. The summed E-state index contributed by atoms with van der Waals surface area (Å²) in [4.78, 5) is 14.1. The Morgan fingerprint density at radius 1 is 1.47 bits per heavy atom. The summed E-state index contributed by atoms with van der Waals surface area (Å²) < 4.78 is 10.7. The molecule has 0 saturated carbocycles. The maximum absolute atomic E-state index is 12.3. The number of rotatable bonds is 4.